The minimum Gasteiger partial charge on any atom is -0.341 e. The smallest absolute Gasteiger partial charge is 0.225 e. The van der Waals surface area contributed by atoms with Crippen LogP contribution >= 0.6 is 11.8 Å². The maximum absolute atomic E-state index is 12.4. The molecule has 2 fully saturated rings. The van der Waals surface area contributed by atoms with Crippen LogP contribution in [0, 0.1) is 11.8 Å². The monoisotopic (exact) mass is 256 g/mol. The molecule has 1 saturated heterocycles. The van der Waals surface area contributed by atoms with Gasteiger partial charge in [-0.05, 0) is 38.1 Å². The Kier molecular flexibility index (Phi) is 4.74. The van der Waals surface area contributed by atoms with Crippen LogP contribution < -0.4 is 5.73 Å². The van der Waals surface area contributed by atoms with Gasteiger partial charge in [-0.1, -0.05) is 6.92 Å². The molecule has 1 amide bonds. The lowest BCUT2D eigenvalue weighted by molar-refractivity contribution is -0.136. The Labute approximate surface area is 108 Å². The van der Waals surface area contributed by atoms with Gasteiger partial charge in [0.15, 0.2) is 0 Å². The van der Waals surface area contributed by atoms with E-state index in [9.17, 15) is 4.79 Å². The summed E-state index contributed by atoms with van der Waals surface area (Å²) in [5.74, 6) is 2.46. The zero-order valence-electron chi connectivity index (χ0n) is 10.7. The van der Waals surface area contributed by atoms with E-state index in [0.717, 1.165) is 51.1 Å². The van der Waals surface area contributed by atoms with E-state index in [0.29, 0.717) is 17.1 Å². The Morgan fingerprint density at radius 2 is 2.06 bits per heavy atom. The van der Waals surface area contributed by atoms with Crippen molar-refractivity contribution in [2.24, 2.45) is 17.6 Å². The summed E-state index contributed by atoms with van der Waals surface area (Å²) in [5.41, 5.74) is 5.69. The number of carbonyl (C=O) groups excluding carboxylic acids is 1. The zero-order chi connectivity index (χ0) is 12.3. The Morgan fingerprint density at radius 3 is 2.65 bits per heavy atom. The van der Waals surface area contributed by atoms with Gasteiger partial charge < -0.3 is 10.6 Å². The second-order valence-corrected chi connectivity index (χ2v) is 6.97. The quantitative estimate of drug-likeness (QED) is 0.818. The lowest BCUT2D eigenvalue weighted by Crippen LogP contribution is -2.44. The van der Waals surface area contributed by atoms with Crippen LogP contribution in [0.1, 0.15) is 32.6 Å². The number of amides is 1. The molecule has 3 nitrogen and oxygen atoms in total. The molecule has 1 aliphatic carbocycles. The minimum atomic E-state index is 0.285. The first-order valence-corrected chi connectivity index (χ1v) is 7.86. The number of thioether (sulfide) groups is 1. The highest BCUT2D eigenvalue weighted by Gasteiger charge is 2.30. The number of nitrogens with two attached hydrogens (primary N) is 1. The fourth-order valence-electron chi connectivity index (χ4n) is 2.92. The van der Waals surface area contributed by atoms with E-state index in [2.05, 4.69) is 11.8 Å². The molecule has 2 N–H and O–H groups in total. The van der Waals surface area contributed by atoms with E-state index in [4.69, 9.17) is 5.73 Å². The van der Waals surface area contributed by atoms with Crippen molar-refractivity contribution in [2.45, 2.75) is 37.9 Å². The van der Waals surface area contributed by atoms with Crippen LogP contribution in [0.15, 0.2) is 0 Å². The molecule has 0 aromatic heterocycles. The topological polar surface area (TPSA) is 46.3 Å². The number of nitrogens with zero attached hydrogens (tertiary/aromatic N) is 1. The van der Waals surface area contributed by atoms with Crippen molar-refractivity contribution in [1.82, 2.24) is 4.90 Å². The molecule has 1 atom stereocenters. The maximum atomic E-state index is 12.4. The Hall–Kier alpha value is -0.220. The predicted molar refractivity (Wildman–Crippen MR) is 73.0 cm³/mol. The largest absolute Gasteiger partial charge is 0.341 e. The molecule has 0 spiro atoms. The van der Waals surface area contributed by atoms with Crippen LogP contribution in [-0.4, -0.2) is 41.4 Å². The second kappa shape index (κ2) is 6.10. The van der Waals surface area contributed by atoms with E-state index in [1.165, 1.54) is 0 Å². The van der Waals surface area contributed by atoms with Gasteiger partial charge in [0, 0.05) is 30.0 Å². The Bertz CT molecular complexity index is 264. The third-order valence-corrected chi connectivity index (χ3v) is 5.22. The van der Waals surface area contributed by atoms with Crippen LogP contribution in [-0.2, 0) is 4.79 Å². The molecule has 0 aromatic rings. The second-order valence-electron chi connectivity index (χ2n) is 5.42. The van der Waals surface area contributed by atoms with Gasteiger partial charge in [0.05, 0.1) is 0 Å². The number of hydrogen-bond donors (Lipinski definition) is 1. The van der Waals surface area contributed by atoms with Crippen molar-refractivity contribution in [3.8, 4) is 0 Å². The Balaban J connectivity index is 1.83. The molecule has 0 bridgehead atoms. The van der Waals surface area contributed by atoms with Crippen LogP contribution in [0.5, 0.6) is 0 Å². The zero-order valence-corrected chi connectivity index (χ0v) is 11.5. The number of rotatable bonds is 2. The standard InChI is InChI=1S/C13H24N2OS/c1-10-9-15(6-7-17-10)13(16)12-4-2-11(8-14)3-5-12/h10-12H,2-9,14H2,1H3. The lowest BCUT2D eigenvalue weighted by atomic mass is 9.81. The first-order chi connectivity index (χ1) is 8.20. The molecule has 4 heteroatoms. The molecule has 98 valence electrons. The summed E-state index contributed by atoms with van der Waals surface area (Å²) in [6.07, 6.45) is 4.40. The maximum Gasteiger partial charge on any atom is 0.225 e. The minimum absolute atomic E-state index is 0.285. The van der Waals surface area contributed by atoms with Gasteiger partial charge in [-0.15, -0.1) is 0 Å². The van der Waals surface area contributed by atoms with Crippen molar-refractivity contribution in [1.29, 1.82) is 0 Å². The molecular formula is C13H24N2OS. The summed E-state index contributed by atoms with van der Waals surface area (Å²) >= 11 is 1.98. The highest BCUT2D eigenvalue weighted by atomic mass is 32.2. The predicted octanol–water partition coefficient (Wildman–Crippen LogP) is 1.72. The fourth-order valence-corrected chi connectivity index (χ4v) is 3.94. The summed E-state index contributed by atoms with van der Waals surface area (Å²) in [6.45, 7) is 4.90. The molecule has 1 aliphatic heterocycles. The summed E-state index contributed by atoms with van der Waals surface area (Å²) < 4.78 is 0. The molecule has 0 aromatic carbocycles. The SMILES string of the molecule is CC1CN(C(=O)C2CCC(CN)CC2)CCS1. The van der Waals surface area contributed by atoms with E-state index >= 15 is 0 Å². The highest BCUT2D eigenvalue weighted by Crippen LogP contribution is 2.30. The molecular weight excluding hydrogens is 232 g/mol. The first kappa shape index (κ1) is 13.2. The third-order valence-electron chi connectivity index (χ3n) is 4.08. The fraction of sp³-hybridized carbons (Fsp3) is 0.923. The van der Waals surface area contributed by atoms with E-state index < -0.39 is 0 Å². The van der Waals surface area contributed by atoms with Crippen molar-refractivity contribution in [2.75, 3.05) is 25.4 Å². The molecule has 1 unspecified atom stereocenters. The van der Waals surface area contributed by atoms with Gasteiger partial charge in [0.2, 0.25) is 5.91 Å². The van der Waals surface area contributed by atoms with Crippen molar-refractivity contribution in [3.63, 3.8) is 0 Å². The van der Waals surface area contributed by atoms with Crippen LogP contribution in [0.2, 0.25) is 0 Å². The van der Waals surface area contributed by atoms with Gasteiger partial charge in [0.1, 0.15) is 0 Å². The molecule has 17 heavy (non-hydrogen) atoms. The highest BCUT2D eigenvalue weighted by molar-refractivity contribution is 7.99. The van der Waals surface area contributed by atoms with Gasteiger partial charge >= 0.3 is 0 Å². The molecule has 2 aliphatic rings. The van der Waals surface area contributed by atoms with Gasteiger partial charge in [-0.25, -0.2) is 0 Å². The van der Waals surface area contributed by atoms with Crippen molar-refractivity contribution in [3.05, 3.63) is 0 Å². The molecule has 2 rings (SSSR count). The number of carbonyl (C=O) groups is 1. The van der Waals surface area contributed by atoms with Crippen molar-refractivity contribution < 1.29 is 4.79 Å². The molecule has 0 radical (unpaired) electrons. The van der Waals surface area contributed by atoms with E-state index in [1.54, 1.807) is 0 Å². The first-order valence-electron chi connectivity index (χ1n) is 6.81. The molecule has 1 saturated carbocycles. The molecule has 1 heterocycles. The summed E-state index contributed by atoms with van der Waals surface area (Å²) in [5, 5.41) is 0.605. The third kappa shape index (κ3) is 3.38. The van der Waals surface area contributed by atoms with Crippen LogP contribution in [0.4, 0.5) is 0 Å². The van der Waals surface area contributed by atoms with Crippen LogP contribution in [0.3, 0.4) is 0 Å². The number of hydrogen-bond acceptors (Lipinski definition) is 3. The van der Waals surface area contributed by atoms with Crippen LogP contribution in [0.25, 0.3) is 0 Å². The summed E-state index contributed by atoms with van der Waals surface area (Å²) in [6, 6.07) is 0. The van der Waals surface area contributed by atoms with Gasteiger partial charge in [0.25, 0.3) is 0 Å². The Morgan fingerprint density at radius 1 is 1.35 bits per heavy atom. The lowest BCUT2D eigenvalue weighted by Gasteiger charge is -2.35. The summed E-state index contributed by atoms with van der Waals surface area (Å²) in [4.78, 5) is 14.5. The average Bonchev–Trinajstić information content (AvgIpc) is 2.38. The van der Waals surface area contributed by atoms with Gasteiger partial charge in [-0.2, -0.15) is 11.8 Å². The van der Waals surface area contributed by atoms with E-state index in [-0.39, 0.29) is 5.92 Å². The van der Waals surface area contributed by atoms with Crippen molar-refractivity contribution >= 4 is 17.7 Å². The average molecular weight is 256 g/mol. The summed E-state index contributed by atoms with van der Waals surface area (Å²) in [7, 11) is 0. The van der Waals surface area contributed by atoms with E-state index in [1.807, 2.05) is 11.8 Å². The normalized spacial score (nSPS) is 34.7. The van der Waals surface area contributed by atoms with Gasteiger partial charge in [-0.3, -0.25) is 4.79 Å².